The van der Waals surface area contributed by atoms with Gasteiger partial charge in [-0.05, 0) is 24.2 Å². The van der Waals surface area contributed by atoms with Gasteiger partial charge in [0.15, 0.2) is 5.78 Å². The Morgan fingerprint density at radius 3 is 2.40 bits per heavy atom. The zero-order valence-electron chi connectivity index (χ0n) is 10.3. The van der Waals surface area contributed by atoms with E-state index in [-0.39, 0.29) is 5.78 Å². The minimum atomic E-state index is 0.246. The van der Waals surface area contributed by atoms with Gasteiger partial charge < -0.3 is 4.74 Å². The van der Waals surface area contributed by atoms with Gasteiger partial charge in [-0.25, -0.2) is 0 Å². The van der Waals surface area contributed by atoms with E-state index in [1.165, 1.54) is 12.8 Å². The lowest BCUT2D eigenvalue weighted by molar-refractivity contribution is -0.124. The van der Waals surface area contributed by atoms with Gasteiger partial charge in [0.25, 0.3) is 0 Å². The van der Waals surface area contributed by atoms with Crippen LogP contribution in [0.2, 0.25) is 0 Å². The first-order valence-corrected chi connectivity index (χ1v) is 6.24. The summed E-state index contributed by atoms with van der Waals surface area (Å²) in [4.78, 5) is 11.3. The van der Waals surface area contributed by atoms with Gasteiger partial charge in [-0.3, -0.25) is 4.79 Å². The molecule has 2 nitrogen and oxygen atoms in total. The van der Waals surface area contributed by atoms with Crippen molar-refractivity contribution in [1.82, 2.24) is 0 Å². The van der Waals surface area contributed by atoms with E-state index in [0.29, 0.717) is 18.9 Å². The lowest BCUT2D eigenvalue weighted by Crippen LogP contribution is -2.20. The second-order valence-corrected chi connectivity index (χ2v) is 5.00. The highest BCUT2D eigenvalue weighted by Gasteiger charge is 2.30. The van der Waals surface area contributed by atoms with Crippen LogP contribution in [-0.4, -0.2) is 19.0 Å². The Bertz CT molecular complexity index is 191. The molecule has 0 radical (unpaired) electrons. The molecule has 0 aromatic heterocycles. The van der Waals surface area contributed by atoms with Crippen LogP contribution < -0.4 is 0 Å². The Hall–Kier alpha value is -0.370. The third kappa shape index (κ3) is 3.94. The number of hydrogen-bond donors (Lipinski definition) is 0. The molecule has 0 bridgehead atoms. The Labute approximate surface area is 93.4 Å². The first-order chi connectivity index (χ1) is 7.15. The van der Waals surface area contributed by atoms with Crippen molar-refractivity contribution in [3.63, 3.8) is 0 Å². The molecule has 0 N–H and O–H groups in total. The Morgan fingerprint density at radius 1 is 1.27 bits per heavy atom. The molecule has 1 aliphatic carbocycles. The monoisotopic (exact) mass is 212 g/mol. The maximum Gasteiger partial charge on any atom is 0.158 e. The first kappa shape index (κ1) is 12.7. The van der Waals surface area contributed by atoms with Crippen LogP contribution in [0, 0.1) is 17.8 Å². The maximum atomic E-state index is 11.3. The van der Waals surface area contributed by atoms with Crippen molar-refractivity contribution in [2.75, 3.05) is 13.2 Å². The van der Waals surface area contributed by atoms with Crippen molar-refractivity contribution in [2.24, 2.45) is 17.8 Å². The maximum absolute atomic E-state index is 11.3. The molecule has 15 heavy (non-hydrogen) atoms. The van der Waals surface area contributed by atoms with Crippen LogP contribution in [0.1, 0.15) is 46.5 Å². The normalized spacial score (nSPS) is 30.7. The van der Waals surface area contributed by atoms with Crippen LogP contribution in [0.25, 0.3) is 0 Å². The van der Waals surface area contributed by atoms with Gasteiger partial charge in [-0.15, -0.1) is 0 Å². The molecule has 88 valence electrons. The summed E-state index contributed by atoms with van der Waals surface area (Å²) < 4.78 is 5.52. The quantitative estimate of drug-likeness (QED) is 0.676. The average molecular weight is 212 g/mol. The van der Waals surface area contributed by atoms with Gasteiger partial charge in [-0.1, -0.05) is 33.6 Å². The van der Waals surface area contributed by atoms with Crippen molar-refractivity contribution in [2.45, 2.75) is 46.5 Å². The predicted octanol–water partition coefficient (Wildman–Crippen LogP) is 3.05. The summed E-state index contributed by atoms with van der Waals surface area (Å²) in [5.74, 6) is 2.44. The van der Waals surface area contributed by atoms with Crippen LogP contribution >= 0.6 is 0 Å². The summed E-state index contributed by atoms with van der Waals surface area (Å²) in [5, 5.41) is 0. The van der Waals surface area contributed by atoms with Crippen LogP contribution in [0.5, 0.6) is 0 Å². The van der Waals surface area contributed by atoms with Crippen LogP contribution in [0.3, 0.4) is 0 Å². The molecule has 1 aliphatic rings. The second-order valence-electron chi connectivity index (χ2n) is 5.00. The van der Waals surface area contributed by atoms with E-state index in [2.05, 4.69) is 13.8 Å². The van der Waals surface area contributed by atoms with E-state index < -0.39 is 0 Å². The van der Waals surface area contributed by atoms with Crippen molar-refractivity contribution < 1.29 is 9.53 Å². The molecule has 2 heteroatoms. The fourth-order valence-corrected chi connectivity index (χ4v) is 2.50. The fourth-order valence-electron chi connectivity index (χ4n) is 2.50. The number of ether oxygens (including phenoxy) is 1. The molecule has 2 atom stereocenters. The van der Waals surface area contributed by atoms with Crippen molar-refractivity contribution in [1.29, 1.82) is 0 Å². The second kappa shape index (κ2) is 6.26. The number of hydrogen-bond acceptors (Lipinski definition) is 2. The molecular weight excluding hydrogens is 188 g/mol. The van der Waals surface area contributed by atoms with Gasteiger partial charge in [0.2, 0.25) is 0 Å². The highest BCUT2D eigenvalue weighted by Crippen LogP contribution is 2.36. The van der Waals surface area contributed by atoms with Crippen LogP contribution in [0.4, 0.5) is 0 Å². The van der Waals surface area contributed by atoms with Gasteiger partial charge in [-0.2, -0.15) is 0 Å². The Balaban J connectivity index is 2.16. The largest absolute Gasteiger partial charge is 0.373 e. The van der Waals surface area contributed by atoms with Gasteiger partial charge in [0, 0.05) is 6.42 Å². The molecule has 0 amide bonds. The number of ketones is 1. The molecule has 0 heterocycles. The van der Waals surface area contributed by atoms with E-state index in [0.717, 1.165) is 24.9 Å². The zero-order chi connectivity index (χ0) is 11.3. The fraction of sp³-hybridized carbons (Fsp3) is 0.923. The molecule has 0 spiro atoms. The summed E-state index contributed by atoms with van der Waals surface area (Å²) in [5.41, 5.74) is 0. The van der Waals surface area contributed by atoms with E-state index in [1.54, 1.807) is 0 Å². The van der Waals surface area contributed by atoms with Crippen molar-refractivity contribution in [3.8, 4) is 0 Å². The van der Waals surface area contributed by atoms with Gasteiger partial charge >= 0.3 is 0 Å². The summed E-state index contributed by atoms with van der Waals surface area (Å²) in [7, 11) is 0. The number of rotatable bonds is 6. The van der Waals surface area contributed by atoms with Gasteiger partial charge in [0.1, 0.15) is 6.61 Å². The topological polar surface area (TPSA) is 26.3 Å². The Kier molecular flexibility index (Phi) is 5.30. The lowest BCUT2D eigenvalue weighted by atomic mass is 9.93. The molecule has 1 fully saturated rings. The van der Waals surface area contributed by atoms with Crippen LogP contribution in [-0.2, 0) is 9.53 Å². The third-order valence-electron chi connectivity index (χ3n) is 3.64. The standard InChI is InChI=1S/C13H24O2/c1-4-5-12(14)8-15-9-13-10(2)6-7-11(13)3/h10-11,13H,4-9H2,1-3H3. The van der Waals surface area contributed by atoms with Crippen LogP contribution in [0.15, 0.2) is 0 Å². The summed E-state index contributed by atoms with van der Waals surface area (Å²) >= 11 is 0. The molecule has 2 unspecified atom stereocenters. The van der Waals surface area contributed by atoms with E-state index >= 15 is 0 Å². The summed E-state index contributed by atoms with van der Waals surface area (Å²) in [6.45, 7) is 7.72. The summed E-state index contributed by atoms with van der Waals surface area (Å²) in [6, 6.07) is 0. The van der Waals surface area contributed by atoms with Gasteiger partial charge in [0.05, 0.1) is 6.61 Å². The van der Waals surface area contributed by atoms with E-state index in [1.807, 2.05) is 6.92 Å². The minimum absolute atomic E-state index is 0.246. The molecular formula is C13H24O2. The zero-order valence-corrected chi connectivity index (χ0v) is 10.3. The number of Topliss-reactive ketones (excluding diaryl/α,β-unsaturated/α-hetero) is 1. The molecule has 0 aromatic rings. The molecule has 0 aromatic carbocycles. The molecule has 0 aliphatic heterocycles. The predicted molar refractivity (Wildman–Crippen MR) is 61.8 cm³/mol. The van der Waals surface area contributed by atoms with E-state index in [9.17, 15) is 4.79 Å². The first-order valence-electron chi connectivity index (χ1n) is 6.24. The third-order valence-corrected chi connectivity index (χ3v) is 3.64. The smallest absolute Gasteiger partial charge is 0.158 e. The average Bonchev–Trinajstić information content (AvgIpc) is 2.49. The highest BCUT2D eigenvalue weighted by molar-refractivity contribution is 5.79. The Morgan fingerprint density at radius 2 is 1.87 bits per heavy atom. The molecule has 1 rings (SSSR count). The molecule has 0 saturated heterocycles. The van der Waals surface area contributed by atoms with Crippen molar-refractivity contribution >= 4 is 5.78 Å². The minimum Gasteiger partial charge on any atom is -0.373 e. The highest BCUT2D eigenvalue weighted by atomic mass is 16.5. The molecule has 1 saturated carbocycles. The summed E-state index contributed by atoms with van der Waals surface area (Å²) in [6.07, 6.45) is 4.23. The number of carbonyl (C=O) groups excluding carboxylic acids is 1. The SMILES string of the molecule is CCCC(=O)COCC1C(C)CCC1C. The lowest BCUT2D eigenvalue weighted by Gasteiger charge is -2.19. The van der Waals surface area contributed by atoms with E-state index in [4.69, 9.17) is 4.74 Å². The number of carbonyl (C=O) groups is 1. The van der Waals surface area contributed by atoms with Crippen molar-refractivity contribution in [3.05, 3.63) is 0 Å².